The summed E-state index contributed by atoms with van der Waals surface area (Å²) in [6.45, 7) is 6.43. The first-order valence-electron chi connectivity index (χ1n) is 5.06. The van der Waals surface area contributed by atoms with Crippen LogP contribution in [0.15, 0.2) is 24.3 Å². The summed E-state index contributed by atoms with van der Waals surface area (Å²) in [6.07, 6.45) is 0. The van der Waals surface area contributed by atoms with Gasteiger partial charge in [-0.2, -0.15) is 0 Å². The SMILES string of the molecule is CC(C)C1(C)OC(Cl)(I)c2ccccc21. The fourth-order valence-corrected chi connectivity index (χ4v) is 3.23. The first-order valence-corrected chi connectivity index (χ1v) is 6.51. The summed E-state index contributed by atoms with van der Waals surface area (Å²) >= 11 is 8.55. The Balaban J connectivity index is 2.61. The number of fused-ring (bicyclic) bond motifs is 1. The lowest BCUT2D eigenvalue weighted by Crippen LogP contribution is -2.29. The van der Waals surface area contributed by atoms with Gasteiger partial charge in [-0.1, -0.05) is 49.7 Å². The van der Waals surface area contributed by atoms with E-state index >= 15 is 0 Å². The predicted octanol–water partition coefficient (Wildman–Crippen LogP) is 4.37. The number of halogens is 2. The van der Waals surface area contributed by atoms with Gasteiger partial charge in [-0.25, -0.2) is 0 Å². The first-order chi connectivity index (χ1) is 6.88. The third-order valence-corrected chi connectivity index (χ3v) is 4.30. The lowest BCUT2D eigenvalue weighted by Gasteiger charge is -2.30. The van der Waals surface area contributed by atoms with Crippen molar-refractivity contribution in [3.05, 3.63) is 35.4 Å². The molecule has 1 nitrogen and oxygen atoms in total. The molecular formula is C12H14ClIO. The van der Waals surface area contributed by atoms with Crippen LogP contribution in [-0.4, -0.2) is 0 Å². The zero-order valence-electron chi connectivity index (χ0n) is 9.05. The molecule has 0 N–H and O–H groups in total. The van der Waals surface area contributed by atoms with E-state index in [2.05, 4.69) is 49.4 Å². The van der Waals surface area contributed by atoms with Crippen molar-refractivity contribution < 1.29 is 4.74 Å². The van der Waals surface area contributed by atoms with E-state index in [1.54, 1.807) is 0 Å². The standard InChI is InChI=1S/C12H14ClIO/c1-8(2)11(3)9-6-4-5-7-10(9)12(13,14)15-11/h4-8H,1-3H3. The summed E-state index contributed by atoms with van der Waals surface area (Å²) in [5, 5.41) is 0. The van der Waals surface area contributed by atoms with Crippen molar-refractivity contribution in [2.24, 2.45) is 5.92 Å². The van der Waals surface area contributed by atoms with E-state index in [9.17, 15) is 0 Å². The second kappa shape index (κ2) is 3.60. The zero-order valence-corrected chi connectivity index (χ0v) is 12.0. The molecule has 0 radical (unpaired) electrons. The molecule has 0 amide bonds. The zero-order chi connectivity index (χ0) is 11.3. The summed E-state index contributed by atoms with van der Waals surface area (Å²) < 4.78 is 5.31. The number of ether oxygens (including phenoxy) is 1. The monoisotopic (exact) mass is 336 g/mol. The van der Waals surface area contributed by atoms with Gasteiger partial charge in [0, 0.05) is 5.56 Å². The van der Waals surface area contributed by atoms with Crippen molar-refractivity contribution in [1.82, 2.24) is 0 Å². The average molecular weight is 337 g/mol. The van der Waals surface area contributed by atoms with E-state index in [1.807, 2.05) is 18.2 Å². The largest absolute Gasteiger partial charge is 0.336 e. The Bertz CT molecular complexity index is 389. The molecule has 0 saturated heterocycles. The molecule has 1 aliphatic rings. The maximum absolute atomic E-state index is 6.39. The lowest BCUT2D eigenvalue weighted by atomic mass is 9.85. The van der Waals surface area contributed by atoms with E-state index in [0.29, 0.717) is 5.92 Å². The molecule has 1 aromatic rings. The van der Waals surface area contributed by atoms with E-state index in [-0.39, 0.29) is 5.60 Å². The molecular weight excluding hydrogens is 322 g/mol. The Morgan fingerprint density at radius 1 is 1.27 bits per heavy atom. The highest BCUT2D eigenvalue weighted by atomic mass is 127. The van der Waals surface area contributed by atoms with Crippen molar-refractivity contribution in [3.63, 3.8) is 0 Å². The Morgan fingerprint density at radius 2 is 1.80 bits per heavy atom. The average Bonchev–Trinajstić information content (AvgIpc) is 2.37. The number of hydrogen-bond acceptors (Lipinski definition) is 1. The lowest BCUT2D eigenvalue weighted by molar-refractivity contribution is -0.0717. The van der Waals surface area contributed by atoms with Crippen LogP contribution in [-0.2, 0) is 13.4 Å². The molecule has 1 aromatic carbocycles. The van der Waals surface area contributed by atoms with Crippen LogP contribution in [0.25, 0.3) is 0 Å². The second-order valence-electron chi connectivity index (χ2n) is 4.43. The molecule has 82 valence electrons. The van der Waals surface area contributed by atoms with Gasteiger partial charge in [0.05, 0.1) is 5.60 Å². The van der Waals surface area contributed by atoms with Crippen LogP contribution >= 0.6 is 34.2 Å². The fraction of sp³-hybridized carbons (Fsp3) is 0.500. The van der Waals surface area contributed by atoms with Crippen molar-refractivity contribution in [1.29, 1.82) is 0 Å². The van der Waals surface area contributed by atoms with Crippen LogP contribution in [0.1, 0.15) is 31.9 Å². The Kier molecular flexibility index (Phi) is 2.81. The third-order valence-electron chi connectivity index (χ3n) is 3.22. The highest BCUT2D eigenvalue weighted by Gasteiger charge is 2.50. The van der Waals surface area contributed by atoms with Crippen LogP contribution in [0.4, 0.5) is 0 Å². The van der Waals surface area contributed by atoms with Gasteiger partial charge in [-0.3, -0.25) is 0 Å². The van der Waals surface area contributed by atoms with Crippen LogP contribution in [0, 0.1) is 5.92 Å². The van der Waals surface area contributed by atoms with Crippen molar-refractivity contribution in [2.45, 2.75) is 29.4 Å². The van der Waals surface area contributed by atoms with Crippen LogP contribution in [0.2, 0.25) is 0 Å². The minimum Gasteiger partial charge on any atom is -0.336 e. The Hall–Kier alpha value is 0.200. The van der Waals surface area contributed by atoms with Gasteiger partial charge in [-0.15, -0.1) is 0 Å². The van der Waals surface area contributed by atoms with Gasteiger partial charge in [0.2, 0.25) is 3.07 Å². The Labute approximate surface area is 109 Å². The highest BCUT2D eigenvalue weighted by molar-refractivity contribution is 14.1. The molecule has 2 atom stereocenters. The summed E-state index contributed by atoms with van der Waals surface area (Å²) in [7, 11) is 0. The van der Waals surface area contributed by atoms with Crippen LogP contribution in [0.5, 0.6) is 0 Å². The predicted molar refractivity (Wildman–Crippen MR) is 71.3 cm³/mol. The minimum absolute atomic E-state index is 0.278. The van der Waals surface area contributed by atoms with Gasteiger partial charge in [-0.05, 0) is 41.0 Å². The number of alkyl halides is 2. The number of hydrogen-bond donors (Lipinski definition) is 0. The van der Waals surface area contributed by atoms with E-state index in [1.165, 1.54) is 5.56 Å². The van der Waals surface area contributed by atoms with E-state index < -0.39 is 3.07 Å². The fourth-order valence-electron chi connectivity index (χ4n) is 1.97. The van der Waals surface area contributed by atoms with Gasteiger partial charge < -0.3 is 4.74 Å². The van der Waals surface area contributed by atoms with E-state index in [4.69, 9.17) is 16.3 Å². The second-order valence-corrected chi connectivity index (χ2v) is 7.12. The van der Waals surface area contributed by atoms with Crippen molar-refractivity contribution in [2.75, 3.05) is 0 Å². The maximum Gasteiger partial charge on any atom is 0.220 e. The normalized spacial score (nSPS) is 34.5. The van der Waals surface area contributed by atoms with Gasteiger partial charge in [0.25, 0.3) is 0 Å². The molecule has 0 fully saturated rings. The smallest absolute Gasteiger partial charge is 0.220 e. The molecule has 1 aliphatic heterocycles. The van der Waals surface area contributed by atoms with Gasteiger partial charge in [0.15, 0.2) is 0 Å². The highest BCUT2D eigenvalue weighted by Crippen LogP contribution is 2.55. The molecule has 3 heteroatoms. The topological polar surface area (TPSA) is 9.23 Å². The molecule has 0 spiro atoms. The van der Waals surface area contributed by atoms with Gasteiger partial charge >= 0.3 is 0 Å². The summed E-state index contributed by atoms with van der Waals surface area (Å²) in [5.74, 6) is 0.397. The van der Waals surface area contributed by atoms with Crippen molar-refractivity contribution >= 4 is 34.2 Å². The summed E-state index contributed by atoms with van der Waals surface area (Å²) in [6, 6.07) is 8.20. The number of rotatable bonds is 1. The molecule has 2 rings (SSSR count). The summed E-state index contributed by atoms with van der Waals surface area (Å²) in [5.41, 5.74) is 2.02. The maximum atomic E-state index is 6.39. The molecule has 15 heavy (non-hydrogen) atoms. The molecule has 0 saturated carbocycles. The molecule has 0 aromatic heterocycles. The molecule has 0 aliphatic carbocycles. The molecule has 1 heterocycles. The quantitative estimate of drug-likeness (QED) is 0.546. The number of benzene rings is 1. The van der Waals surface area contributed by atoms with Crippen LogP contribution < -0.4 is 0 Å². The Morgan fingerprint density at radius 3 is 2.33 bits per heavy atom. The van der Waals surface area contributed by atoms with E-state index in [0.717, 1.165) is 5.56 Å². The first kappa shape index (κ1) is 11.7. The van der Waals surface area contributed by atoms with Gasteiger partial charge in [0.1, 0.15) is 0 Å². The van der Waals surface area contributed by atoms with Crippen molar-refractivity contribution in [3.8, 4) is 0 Å². The minimum atomic E-state index is -0.715. The summed E-state index contributed by atoms with van der Waals surface area (Å²) in [4.78, 5) is 0. The molecule has 0 bridgehead atoms. The van der Waals surface area contributed by atoms with Crippen LogP contribution in [0.3, 0.4) is 0 Å². The molecule has 2 unspecified atom stereocenters. The third kappa shape index (κ3) is 1.71.